The molecule has 0 radical (unpaired) electrons. The van der Waals surface area contributed by atoms with E-state index in [0.29, 0.717) is 0 Å². The largest absolute Gasteiger partial charge is 0.478 e. The van der Waals surface area contributed by atoms with Crippen molar-refractivity contribution in [3.05, 3.63) is 34.9 Å². The number of rotatable bonds is 5. The van der Waals surface area contributed by atoms with Crippen LogP contribution in [0, 0.1) is 11.6 Å². The monoisotopic (exact) mass is 315 g/mol. The lowest BCUT2D eigenvalue weighted by atomic mass is 10.1. The van der Waals surface area contributed by atoms with E-state index in [9.17, 15) is 35.9 Å². The van der Waals surface area contributed by atoms with Crippen molar-refractivity contribution < 1.29 is 41.0 Å². The van der Waals surface area contributed by atoms with E-state index in [1.54, 1.807) is 0 Å². The summed E-state index contributed by atoms with van der Waals surface area (Å²) in [6.07, 6.45) is -4.05. The number of nitrogens with one attached hydrogen (secondary N) is 1. The van der Waals surface area contributed by atoms with E-state index in [1.165, 1.54) is 5.32 Å². The molecule has 116 valence electrons. The van der Waals surface area contributed by atoms with Gasteiger partial charge in [-0.15, -0.1) is 0 Å². The number of amides is 1. The average Bonchev–Trinajstić information content (AvgIpc) is 2.38. The molecule has 0 heterocycles. The zero-order valence-electron chi connectivity index (χ0n) is 9.97. The molecular formula is C11H7F6NO3. The van der Waals surface area contributed by atoms with E-state index in [1.807, 2.05) is 0 Å². The minimum Gasteiger partial charge on any atom is -0.478 e. The van der Waals surface area contributed by atoms with Crippen LogP contribution in [0.25, 0.3) is 0 Å². The molecule has 0 aliphatic rings. The van der Waals surface area contributed by atoms with Gasteiger partial charge in [-0.05, 0) is 12.1 Å². The minimum absolute atomic E-state index is 0.175. The van der Waals surface area contributed by atoms with Gasteiger partial charge in [-0.2, -0.15) is 8.78 Å². The van der Waals surface area contributed by atoms with Gasteiger partial charge in [-0.3, -0.25) is 4.79 Å². The molecule has 1 rings (SSSR count). The average molecular weight is 315 g/mol. The number of hydrogen-bond donors (Lipinski definition) is 2. The quantitative estimate of drug-likeness (QED) is 0.819. The topological polar surface area (TPSA) is 66.4 Å². The molecule has 0 aliphatic heterocycles. The molecule has 10 heteroatoms. The zero-order chi connectivity index (χ0) is 16.4. The van der Waals surface area contributed by atoms with Crippen molar-refractivity contribution in [2.75, 3.05) is 6.54 Å². The van der Waals surface area contributed by atoms with Gasteiger partial charge in [0.05, 0.1) is 17.7 Å². The first-order valence-electron chi connectivity index (χ1n) is 5.22. The summed E-state index contributed by atoms with van der Waals surface area (Å²) in [5, 5.41) is 10.1. The third-order valence-electron chi connectivity index (χ3n) is 2.34. The molecule has 0 aliphatic carbocycles. The van der Waals surface area contributed by atoms with Crippen molar-refractivity contribution in [1.29, 1.82) is 0 Å². The number of hydrogen-bond acceptors (Lipinski definition) is 2. The lowest BCUT2D eigenvalue weighted by Crippen LogP contribution is -2.41. The first-order valence-corrected chi connectivity index (χ1v) is 5.22. The number of carbonyl (C=O) groups excluding carboxylic acids is 1. The van der Waals surface area contributed by atoms with Crippen LogP contribution < -0.4 is 5.32 Å². The van der Waals surface area contributed by atoms with Gasteiger partial charge in [0, 0.05) is 0 Å². The molecule has 0 bridgehead atoms. The minimum atomic E-state index is -4.54. The van der Waals surface area contributed by atoms with Crippen molar-refractivity contribution in [1.82, 2.24) is 5.32 Å². The molecule has 0 aromatic heterocycles. The van der Waals surface area contributed by atoms with Gasteiger partial charge in [0.1, 0.15) is 0 Å². The summed E-state index contributed by atoms with van der Waals surface area (Å²) in [4.78, 5) is 22.2. The molecule has 0 spiro atoms. The van der Waals surface area contributed by atoms with Crippen LogP contribution in [0.5, 0.6) is 0 Å². The highest BCUT2D eigenvalue weighted by atomic mass is 19.3. The molecule has 0 unspecified atom stereocenters. The Bertz CT molecular complexity index is 575. The van der Waals surface area contributed by atoms with E-state index in [-0.39, 0.29) is 12.1 Å². The molecular weight excluding hydrogens is 308 g/mol. The number of aromatic carboxylic acids is 1. The van der Waals surface area contributed by atoms with Gasteiger partial charge in [-0.1, -0.05) is 0 Å². The summed E-state index contributed by atoms with van der Waals surface area (Å²) in [6.45, 7) is -1.79. The lowest BCUT2D eigenvalue weighted by Gasteiger charge is -2.16. The van der Waals surface area contributed by atoms with Crippen molar-refractivity contribution in [2.45, 2.75) is 12.3 Å². The second-order valence-corrected chi connectivity index (χ2v) is 3.86. The summed E-state index contributed by atoms with van der Waals surface area (Å²) in [6, 6.07) is 0.354. The van der Waals surface area contributed by atoms with Gasteiger partial charge in [0.15, 0.2) is 11.6 Å². The number of carbonyl (C=O) groups is 2. The molecule has 0 fully saturated rings. The number of alkyl halides is 4. The smallest absolute Gasteiger partial charge is 0.336 e. The van der Waals surface area contributed by atoms with Gasteiger partial charge in [0.25, 0.3) is 5.91 Å². The predicted octanol–water partition coefficient (Wildman–Crippen LogP) is 2.29. The number of benzene rings is 1. The van der Waals surface area contributed by atoms with Crippen molar-refractivity contribution >= 4 is 11.9 Å². The van der Waals surface area contributed by atoms with Crippen LogP contribution in [0.2, 0.25) is 0 Å². The van der Waals surface area contributed by atoms with Crippen LogP contribution in [0.4, 0.5) is 26.3 Å². The normalized spacial score (nSPS) is 11.6. The molecule has 21 heavy (non-hydrogen) atoms. The highest BCUT2D eigenvalue weighted by molar-refractivity contribution is 6.04. The van der Waals surface area contributed by atoms with Gasteiger partial charge < -0.3 is 10.4 Å². The zero-order valence-corrected chi connectivity index (χ0v) is 9.97. The van der Waals surface area contributed by atoms with Crippen molar-refractivity contribution in [2.24, 2.45) is 0 Å². The maximum absolute atomic E-state index is 13.0. The number of carboxylic acids is 1. The second-order valence-electron chi connectivity index (χ2n) is 3.86. The summed E-state index contributed by atoms with van der Waals surface area (Å²) < 4.78 is 74.8. The van der Waals surface area contributed by atoms with E-state index in [4.69, 9.17) is 5.11 Å². The summed E-state index contributed by atoms with van der Waals surface area (Å²) in [7, 11) is 0. The Balaban J connectivity index is 3.03. The predicted molar refractivity (Wildman–Crippen MR) is 56.6 cm³/mol. The van der Waals surface area contributed by atoms with E-state index < -0.39 is 53.5 Å². The highest BCUT2D eigenvalue weighted by Crippen LogP contribution is 2.22. The molecule has 0 atom stereocenters. The Morgan fingerprint density at radius 2 is 1.62 bits per heavy atom. The molecule has 1 aromatic carbocycles. The van der Waals surface area contributed by atoms with Gasteiger partial charge in [-0.25, -0.2) is 22.4 Å². The SMILES string of the molecule is O=C(O)c1cc(F)c(F)cc1C(=O)NCC(F)(F)C(F)F. The third kappa shape index (κ3) is 3.86. The maximum Gasteiger partial charge on any atom is 0.336 e. The third-order valence-corrected chi connectivity index (χ3v) is 2.34. The summed E-state index contributed by atoms with van der Waals surface area (Å²) in [5.41, 5.74) is -1.96. The number of halogens is 6. The van der Waals surface area contributed by atoms with Crippen LogP contribution in [-0.2, 0) is 0 Å². The molecule has 1 aromatic rings. The fourth-order valence-corrected chi connectivity index (χ4v) is 1.28. The lowest BCUT2D eigenvalue weighted by molar-refractivity contribution is -0.123. The fraction of sp³-hybridized carbons (Fsp3) is 0.273. The molecule has 0 saturated heterocycles. The Labute approximate surface area is 113 Å². The summed E-state index contributed by atoms with van der Waals surface area (Å²) >= 11 is 0. The van der Waals surface area contributed by atoms with Gasteiger partial charge in [0.2, 0.25) is 0 Å². The maximum atomic E-state index is 13.0. The van der Waals surface area contributed by atoms with Crippen molar-refractivity contribution in [3.8, 4) is 0 Å². The van der Waals surface area contributed by atoms with E-state index >= 15 is 0 Å². The first-order chi connectivity index (χ1) is 9.56. The van der Waals surface area contributed by atoms with Crippen LogP contribution in [0.1, 0.15) is 20.7 Å². The van der Waals surface area contributed by atoms with E-state index in [0.717, 1.165) is 0 Å². The standard InChI is InChI=1S/C11H7F6NO3/c12-6-1-4(5(9(20)21)2-7(6)13)8(19)18-3-11(16,17)10(14)15/h1-2,10H,3H2,(H,18,19)(H,20,21). The molecule has 2 N–H and O–H groups in total. The summed E-state index contributed by atoms with van der Waals surface area (Å²) in [5.74, 6) is -11.1. The molecule has 1 amide bonds. The Kier molecular flexibility index (Phi) is 4.81. The highest BCUT2D eigenvalue weighted by Gasteiger charge is 2.41. The first kappa shape index (κ1) is 16.8. The van der Waals surface area contributed by atoms with Crippen LogP contribution >= 0.6 is 0 Å². The molecule has 0 saturated carbocycles. The Hall–Kier alpha value is -2.26. The Morgan fingerprint density at radius 1 is 1.14 bits per heavy atom. The molecule has 4 nitrogen and oxygen atoms in total. The van der Waals surface area contributed by atoms with Crippen LogP contribution in [-0.4, -0.2) is 35.9 Å². The van der Waals surface area contributed by atoms with Crippen LogP contribution in [0.15, 0.2) is 12.1 Å². The second kappa shape index (κ2) is 6.02. The van der Waals surface area contributed by atoms with Gasteiger partial charge >= 0.3 is 18.3 Å². The van der Waals surface area contributed by atoms with Crippen molar-refractivity contribution in [3.63, 3.8) is 0 Å². The van der Waals surface area contributed by atoms with Crippen LogP contribution in [0.3, 0.4) is 0 Å². The Morgan fingerprint density at radius 3 is 2.05 bits per heavy atom. The fourth-order valence-electron chi connectivity index (χ4n) is 1.28. The van der Waals surface area contributed by atoms with E-state index in [2.05, 4.69) is 0 Å². The number of carboxylic acid groups (broad SMARTS) is 1.